The second-order valence-corrected chi connectivity index (χ2v) is 8.43. The molecule has 0 bridgehead atoms. The molecule has 0 aliphatic carbocycles. The van der Waals surface area contributed by atoms with Crippen molar-refractivity contribution in [1.82, 2.24) is 9.99 Å². The van der Waals surface area contributed by atoms with Crippen LogP contribution in [0.25, 0.3) is 10.9 Å². The van der Waals surface area contributed by atoms with E-state index in [4.69, 9.17) is 23.2 Å². The highest BCUT2D eigenvalue weighted by atomic mass is 79.9. The Morgan fingerprint density at radius 3 is 2.60 bits per heavy atom. The predicted octanol–water partition coefficient (Wildman–Crippen LogP) is 6.52. The molecule has 150 valence electrons. The number of nitrogens with one attached hydrogen (secondary N) is 1. The van der Waals surface area contributed by atoms with E-state index in [-0.39, 0.29) is 5.91 Å². The molecule has 0 radical (unpaired) electrons. The van der Waals surface area contributed by atoms with Crippen molar-refractivity contribution in [3.8, 4) is 0 Å². The molecule has 0 spiro atoms. The van der Waals surface area contributed by atoms with Gasteiger partial charge in [0.1, 0.15) is 0 Å². The Balaban J connectivity index is 1.58. The number of benzene rings is 3. The van der Waals surface area contributed by atoms with Gasteiger partial charge in [0.05, 0.1) is 6.21 Å². The van der Waals surface area contributed by atoms with Gasteiger partial charge in [-0.2, -0.15) is 5.10 Å². The molecular weight excluding hydrogens is 485 g/mol. The van der Waals surface area contributed by atoms with Crippen molar-refractivity contribution in [3.63, 3.8) is 0 Å². The van der Waals surface area contributed by atoms with E-state index in [1.165, 1.54) is 0 Å². The van der Waals surface area contributed by atoms with Crippen molar-refractivity contribution in [3.05, 3.63) is 104 Å². The van der Waals surface area contributed by atoms with Crippen LogP contribution in [0.4, 0.5) is 0 Å². The molecule has 0 atom stereocenters. The summed E-state index contributed by atoms with van der Waals surface area (Å²) in [5, 5.41) is 6.41. The lowest BCUT2D eigenvalue weighted by Crippen LogP contribution is -2.17. The zero-order valence-corrected chi connectivity index (χ0v) is 18.7. The Morgan fingerprint density at radius 2 is 1.83 bits per heavy atom. The molecule has 1 aromatic heterocycles. The molecule has 0 saturated heterocycles. The van der Waals surface area contributed by atoms with Gasteiger partial charge in [-0.15, -0.1) is 0 Å². The number of carbonyl (C=O) groups excluding carboxylic acids is 1. The largest absolute Gasteiger partial charge is 0.342 e. The van der Waals surface area contributed by atoms with Gasteiger partial charge in [-0.3, -0.25) is 4.79 Å². The number of nitrogens with zero attached hydrogens (tertiary/aromatic N) is 2. The Bertz CT molecular complexity index is 1250. The van der Waals surface area contributed by atoms with Crippen LogP contribution in [0.15, 0.2) is 82.5 Å². The average molecular weight is 501 g/mol. The molecule has 0 aliphatic heterocycles. The number of para-hydroxylation sites is 1. The summed E-state index contributed by atoms with van der Waals surface area (Å²) in [6.45, 7) is 0.593. The highest BCUT2D eigenvalue weighted by Crippen LogP contribution is 2.25. The van der Waals surface area contributed by atoms with Crippen LogP contribution in [-0.4, -0.2) is 16.7 Å². The zero-order valence-electron chi connectivity index (χ0n) is 15.6. The van der Waals surface area contributed by atoms with Crippen LogP contribution in [0.5, 0.6) is 0 Å². The molecule has 4 rings (SSSR count). The molecular formula is C23H16BrCl2N3O. The summed E-state index contributed by atoms with van der Waals surface area (Å²) >= 11 is 15.7. The van der Waals surface area contributed by atoms with Crippen molar-refractivity contribution in [1.29, 1.82) is 0 Å². The standard InChI is InChI=1S/C23H16BrCl2N3O/c24-18-8-5-15(6-9-18)23(30)28-27-12-17-14-29(22-4-2-1-3-20(17)22)13-16-7-10-19(25)11-21(16)26/h1-12,14H,13H2,(H,28,30)/b27-12-. The molecule has 0 saturated carbocycles. The smallest absolute Gasteiger partial charge is 0.271 e. The number of hydrogen-bond acceptors (Lipinski definition) is 2. The van der Waals surface area contributed by atoms with Crippen LogP contribution in [0.2, 0.25) is 10.0 Å². The Morgan fingerprint density at radius 1 is 1.07 bits per heavy atom. The van der Waals surface area contributed by atoms with Crippen LogP contribution in [0.3, 0.4) is 0 Å². The number of rotatable bonds is 5. The second-order valence-electron chi connectivity index (χ2n) is 6.67. The fraction of sp³-hybridized carbons (Fsp3) is 0.0435. The average Bonchev–Trinajstić information content (AvgIpc) is 3.08. The summed E-state index contributed by atoms with van der Waals surface area (Å²) in [4.78, 5) is 12.3. The topological polar surface area (TPSA) is 46.4 Å². The number of amides is 1. The highest BCUT2D eigenvalue weighted by molar-refractivity contribution is 9.10. The fourth-order valence-electron chi connectivity index (χ4n) is 3.17. The zero-order chi connectivity index (χ0) is 21.1. The van der Waals surface area contributed by atoms with Gasteiger partial charge in [-0.05, 0) is 48.0 Å². The van der Waals surface area contributed by atoms with Crippen LogP contribution in [-0.2, 0) is 6.54 Å². The van der Waals surface area contributed by atoms with Gasteiger partial charge in [-0.1, -0.05) is 63.4 Å². The minimum absolute atomic E-state index is 0.268. The van der Waals surface area contributed by atoms with Crippen LogP contribution >= 0.6 is 39.1 Å². The summed E-state index contributed by atoms with van der Waals surface area (Å²) in [5.74, 6) is -0.268. The lowest BCUT2D eigenvalue weighted by atomic mass is 10.2. The number of fused-ring (bicyclic) bond motifs is 1. The maximum atomic E-state index is 12.3. The van der Waals surface area contributed by atoms with Gasteiger partial charge in [0.2, 0.25) is 0 Å². The monoisotopic (exact) mass is 499 g/mol. The molecule has 0 unspecified atom stereocenters. The minimum atomic E-state index is -0.268. The number of aromatic nitrogens is 1. The first-order chi connectivity index (χ1) is 14.5. The van der Waals surface area contributed by atoms with Gasteiger partial charge in [0.25, 0.3) is 5.91 Å². The highest BCUT2D eigenvalue weighted by Gasteiger charge is 2.10. The molecule has 0 fully saturated rings. The van der Waals surface area contributed by atoms with E-state index in [1.54, 1.807) is 24.4 Å². The third kappa shape index (κ3) is 4.59. The number of hydrazone groups is 1. The van der Waals surface area contributed by atoms with Gasteiger partial charge in [0, 0.05) is 49.3 Å². The van der Waals surface area contributed by atoms with Gasteiger partial charge >= 0.3 is 0 Å². The van der Waals surface area contributed by atoms with Crippen molar-refractivity contribution in [2.45, 2.75) is 6.54 Å². The summed E-state index contributed by atoms with van der Waals surface area (Å²) < 4.78 is 3.01. The van der Waals surface area contributed by atoms with E-state index in [2.05, 4.69) is 31.0 Å². The molecule has 7 heteroatoms. The third-order valence-corrected chi connectivity index (χ3v) is 5.77. The molecule has 30 heavy (non-hydrogen) atoms. The van der Waals surface area contributed by atoms with E-state index in [0.29, 0.717) is 22.2 Å². The summed E-state index contributed by atoms with van der Waals surface area (Å²) in [6.07, 6.45) is 3.64. The molecule has 1 amide bonds. The molecule has 4 aromatic rings. The predicted molar refractivity (Wildman–Crippen MR) is 127 cm³/mol. The van der Waals surface area contributed by atoms with Crippen LogP contribution < -0.4 is 5.43 Å². The molecule has 4 nitrogen and oxygen atoms in total. The van der Waals surface area contributed by atoms with E-state index < -0.39 is 0 Å². The number of carbonyl (C=O) groups is 1. The van der Waals surface area contributed by atoms with Crippen molar-refractivity contribution in [2.24, 2.45) is 5.10 Å². The molecule has 0 aliphatic rings. The minimum Gasteiger partial charge on any atom is -0.342 e. The number of hydrogen-bond donors (Lipinski definition) is 1. The summed E-state index contributed by atoms with van der Waals surface area (Å²) in [7, 11) is 0. The van der Waals surface area contributed by atoms with Gasteiger partial charge in [0.15, 0.2) is 0 Å². The van der Waals surface area contributed by atoms with Crippen LogP contribution in [0.1, 0.15) is 21.5 Å². The van der Waals surface area contributed by atoms with Crippen molar-refractivity contribution < 1.29 is 4.79 Å². The quantitative estimate of drug-likeness (QED) is 0.246. The third-order valence-electron chi connectivity index (χ3n) is 4.65. The van der Waals surface area contributed by atoms with E-state index in [9.17, 15) is 4.79 Å². The van der Waals surface area contributed by atoms with Crippen molar-refractivity contribution in [2.75, 3.05) is 0 Å². The maximum absolute atomic E-state index is 12.3. The number of halogens is 3. The first-order valence-electron chi connectivity index (χ1n) is 9.12. The normalized spacial score (nSPS) is 11.3. The maximum Gasteiger partial charge on any atom is 0.271 e. The fourth-order valence-corrected chi connectivity index (χ4v) is 3.90. The summed E-state index contributed by atoms with van der Waals surface area (Å²) in [6, 6.07) is 20.6. The Kier molecular flexibility index (Phi) is 6.23. The first-order valence-corrected chi connectivity index (χ1v) is 10.7. The Labute approximate surface area is 192 Å². The lowest BCUT2D eigenvalue weighted by Gasteiger charge is -2.08. The Hall–Kier alpha value is -2.60. The van der Waals surface area contributed by atoms with Crippen molar-refractivity contribution >= 4 is 62.2 Å². The van der Waals surface area contributed by atoms with Gasteiger partial charge < -0.3 is 4.57 Å². The van der Waals surface area contributed by atoms with Gasteiger partial charge in [-0.25, -0.2) is 5.43 Å². The summed E-state index contributed by atoms with van der Waals surface area (Å²) in [5.41, 5.74) is 6.02. The second kappa shape index (κ2) is 9.04. The van der Waals surface area contributed by atoms with E-state index in [1.807, 2.05) is 54.7 Å². The molecule has 1 heterocycles. The van der Waals surface area contributed by atoms with E-state index >= 15 is 0 Å². The first kappa shape index (κ1) is 20.7. The SMILES string of the molecule is O=C(N/N=C\c1cn(Cc2ccc(Cl)cc2Cl)c2ccccc12)c1ccc(Br)cc1. The lowest BCUT2D eigenvalue weighted by molar-refractivity contribution is 0.0955. The molecule has 3 aromatic carbocycles. The van der Waals surface area contributed by atoms with E-state index in [0.717, 1.165) is 26.5 Å². The van der Waals surface area contributed by atoms with Crippen LogP contribution in [0, 0.1) is 0 Å². The molecule has 1 N–H and O–H groups in total.